The van der Waals surface area contributed by atoms with Crippen LogP contribution in [0.1, 0.15) is 34.6 Å². The molecule has 0 fully saturated rings. The molecule has 114 valence electrons. The van der Waals surface area contributed by atoms with Crippen LogP contribution >= 0.6 is 0 Å². The van der Waals surface area contributed by atoms with E-state index < -0.39 is 0 Å². The predicted molar refractivity (Wildman–Crippen MR) is 85.8 cm³/mol. The Morgan fingerprint density at radius 1 is 1.15 bits per heavy atom. The lowest BCUT2D eigenvalue weighted by atomic mass is 9.91. The standard InChI is InChI=1S/C16H29N3O/c1-10-17(8)18(9)16(6,7)13(4)15(14(5)20)19(11-2)12-3/h10-11H,1-2,12H2,3-9H3/b15-13-. The molecule has 0 N–H and O–H groups in total. The molecule has 0 aromatic rings. The molecule has 0 aliphatic heterocycles. The molecule has 0 saturated carbocycles. The molecule has 0 bridgehead atoms. The number of hydrazine groups is 1. The summed E-state index contributed by atoms with van der Waals surface area (Å²) in [6, 6.07) is 0. The van der Waals surface area contributed by atoms with Crippen molar-refractivity contribution >= 4 is 5.78 Å². The average Bonchev–Trinajstić information content (AvgIpc) is 2.41. The highest BCUT2D eigenvalue weighted by atomic mass is 16.1. The van der Waals surface area contributed by atoms with Crippen molar-refractivity contribution in [1.29, 1.82) is 0 Å². The zero-order valence-corrected chi connectivity index (χ0v) is 14.0. The summed E-state index contributed by atoms with van der Waals surface area (Å²) in [6.07, 6.45) is 3.45. The molecule has 0 saturated heterocycles. The Hall–Kier alpha value is -1.55. The molecule has 0 atom stereocenters. The molecule has 0 rings (SSSR count). The lowest BCUT2D eigenvalue weighted by Crippen LogP contribution is -2.50. The van der Waals surface area contributed by atoms with Gasteiger partial charge in [-0.2, -0.15) is 0 Å². The van der Waals surface area contributed by atoms with Gasteiger partial charge in [0.15, 0.2) is 5.78 Å². The molecule has 4 nitrogen and oxygen atoms in total. The number of carbonyl (C=O) groups is 1. The minimum atomic E-state index is -0.319. The van der Waals surface area contributed by atoms with Crippen LogP contribution in [-0.4, -0.2) is 46.9 Å². The van der Waals surface area contributed by atoms with Crippen molar-refractivity contribution in [3.63, 3.8) is 0 Å². The lowest BCUT2D eigenvalue weighted by molar-refractivity contribution is -0.115. The van der Waals surface area contributed by atoms with Gasteiger partial charge in [0.2, 0.25) is 0 Å². The van der Waals surface area contributed by atoms with Crippen LogP contribution in [0.15, 0.2) is 36.8 Å². The maximum atomic E-state index is 12.1. The molecule has 0 amide bonds. The van der Waals surface area contributed by atoms with Crippen molar-refractivity contribution in [3.8, 4) is 0 Å². The molecule has 20 heavy (non-hydrogen) atoms. The van der Waals surface area contributed by atoms with Gasteiger partial charge in [-0.3, -0.25) is 4.79 Å². The number of carbonyl (C=O) groups excluding carboxylic acids is 1. The molecule has 0 aliphatic carbocycles. The van der Waals surface area contributed by atoms with Gasteiger partial charge in [0.05, 0.1) is 11.2 Å². The third kappa shape index (κ3) is 3.73. The van der Waals surface area contributed by atoms with Crippen molar-refractivity contribution in [2.45, 2.75) is 40.2 Å². The van der Waals surface area contributed by atoms with E-state index in [0.717, 1.165) is 5.57 Å². The highest BCUT2D eigenvalue weighted by Crippen LogP contribution is 2.28. The zero-order valence-electron chi connectivity index (χ0n) is 14.0. The van der Waals surface area contributed by atoms with Gasteiger partial charge in [0.1, 0.15) is 0 Å². The van der Waals surface area contributed by atoms with Gasteiger partial charge in [0, 0.05) is 33.8 Å². The van der Waals surface area contributed by atoms with Gasteiger partial charge >= 0.3 is 0 Å². The van der Waals surface area contributed by atoms with Gasteiger partial charge < -0.3 is 9.91 Å². The Balaban J connectivity index is 5.88. The quantitative estimate of drug-likeness (QED) is 0.504. The topological polar surface area (TPSA) is 26.8 Å². The second-order valence-electron chi connectivity index (χ2n) is 5.34. The summed E-state index contributed by atoms with van der Waals surface area (Å²) in [5.74, 6) is 0.0481. The number of rotatable bonds is 8. The smallest absolute Gasteiger partial charge is 0.176 e. The summed E-state index contributed by atoms with van der Waals surface area (Å²) in [4.78, 5) is 13.9. The summed E-state index contributed by atoms with van der Waals surface area (Å²) in [6.45, 7) is 18.1. The minimum Gasteiger partial charge on any atom is -0.346 e. The van der Waals surface area contributed by atoms with Crippen molar-refractivity contribution in [2.75, 3.05) is 20.6 Å². The largest absolute Gasteiger partial charge is 0.346 e. The van der Waals surface area contributed by atoms with E-state index in [2.05, 4.69) is 32.0 Å². The Labute approximate surface area is 124 Å². The Kier molecular flexibility index (Phi) is 6.73. The summed E-state index contributed by atoms with van der Waals surface area (Å²) in [5.41, 5.74) is 1.39. The molecule has 0 spiro atoms. The first-order chi connectivity index (χ1) is 9.14. The third-order valence-corrected chi connectivity index (χ3v) is 4.00. The highest BCUT2D eigenvalue weighted by Gasteiger charge is 2.31. The van der Waals surface area contributed by atoms with E-state index in [4.69, 9.17) is 0 Å². The van der Waals surface area contributed by atoms with Gasteiger partial charge in [-0.15, -0.1) is 0 Å². The Morgan fingerprint density at radius 2 is 1.65 bits per heavy atom. The number of nitrogens with zero attached hydrogens (tertiary/aromatic N) is 3. The third-order valence-electron chi connectivity index (χ3n) is 4.00. The van der Waals surface area contributed by atoms with Crippen LogP contribution < -0.4 is 0 Å². The molecule has 0 radical (unpaired) electrons. The number of likely N-dealkylation sites (N-methyl/N-ethyl adjacent to an activating group) is 2. The highest BCUT2D eigenvalue weighted by molar-refractivity contribution is 5.93. The number of Topliss-reactive ketones (excluding diaryl/α,β-unsaturated/α-hetero) is 1. The van der Waals surface area contributed by atoms with Crippen LogP contribution in [0, 0.1) is 0 Å². The fraction of sp³-hybridized carbons (Fsp3) is 0.562. The summed E-state index contributed by atoms with van der Waals surface area (Å²) in [7, 11) is 3.91. The van der Waals surface area contributed by atoms with E-state index in [9.17, 15) is 4.79 Å². The molecule has 0 aliphatic rings. The van der Waals surface area contributed by atoms with Crippen LogP contribution in [0.3, 0.4) is 0 Å². The van der Waals surface area contributed by atoms with Crippen LogP contribution in [0.5, 0.6) is 0 Å². The number of allylic oxidation sites excluding steroid dienone is 1. The van der Waals surface area contributed by atoms with E-state index in [1.807, 2.05) is 37.9 Å². The molecule has 0 heterocycles. The van der Waals surface area contributed by atoms with Crippen LogP contribution in [0.25, 0.3) is 0 Å². The SMILES string of the molecule is C=CN(CC)/C(C(C)=O)=C(/C)C(C)(C)N(C)N(C)C=C. The number of ketones is 1. The summed E-state index contributed by atoms with van der Waals surface area (Å²) >= 11 is 0. The normalized spacial score (nSPS) is 12.8. The first kappa shape index (κ1) is 18.4. The van der Waals surface area contributed by atoms with Crippen LogP contribution in [-0.2, 0) is 4.79 Å². The predicted octanol–water partition coefficient (Wildman–Crippen LogP) is 3.02. The van der Waals surface area contributed by atoms with E-state index in [1.165, 1.54) is 0 Å². The van der Waals surface area contributed by atoms with Crippen molar-refractivity contribution in [1.82, 2.24) is 14.9 Å². The monoisotopic (exact) mass is 279 g/mol. The minimum absolute atomic E-state index is 0.0481. The van der Waals surface area contributed by atoms with Gasteiger partial charge in [-0.1, -0.05) is 13.2 Å². The molecule has 0 aromatic carbocycles. The molecular formula is C16H29N3O. The van der Waals surface area contributed by atoms with Crippen LogP contribution in [0.4, 0.5) is 0 Å². The Morgan fingerprint density at radius 3 is 1.95 bits per heavy atom. The van der Waals surface area contributed by atoms with E-state index in [0.29, 0.717) is 12.2 Å². The Bertz CT molecular complexity index is 410. The zero-order chi connectivity index (χ0) is 16.1. The van der Waals surface area contributed by atoms with E-state index in [-0.39, 0.29) is 11.3 Å². The molecule has 4 heteroatoms. The second-order valence-corrected chi connectivity index (χ2v) is 5.34. The van der Waals surface area contributed by atoms with Crippen molar-refractivity contribution in [3.05, 3.63) is 36.8 Å². The summed E-state index contributed by atoms with van der Waals surface area (Å²) < 4.78 is 0. The fourth-order valence-corrected chi connectivity index (χ4v) is 2.11. The van der Waals surface area contributed by atoms with Crippen molar-refractivity contribution < 1.29 is 4.79 Å². The fourth-order valence-electron chi connectivity index (χ4n) is 2.11. The second kappa shape index (κ2) is 7.29. The summed E-state index contributed by atoms with van der Waals surface area (Å²) in [5, 5.41) is 3.96. The number of hydrogen-bond donors (Lipinski definition) is 0. The first-order valence-electron chi connectivity index (χ1n) is 6.85. The van der Waals surface area contributed by atoms with Gasteiger partial charge in [-0.25, -0.2) is 5.01 Å². The van der Waals surface area contributed by atoms with Crippen LogP contribution in [0.2, 0.25) is 0 Å². The van der Waals surface area contributed by atoms with Gasteiger partial charge in [-0.05, 0) is 39.5 Å². The maximum absolute atomic E-state index is 12.1. The maximum Gasteiger partial charge on any atom is 0.176 e. The lowest BCUT2D eigenvalue weighted by Gasteiger charge is -2.43. The first-order valence-corrected chi connectivity index (χ1v) is 6.85. The van der Waals surface area contributed by atoms with Crippen molar-refractivity contribution in [2.24, 2.45) is 0 Å². The average molecular weight is 279 g/mol. The molecule has 0 unspecified atom stereocenters. The van der Waals surface area contributed by atoms with Gasteiger partial charge in [0.25, 0.3) is 0 Å². The number of hydrogen-bond acceptors (Lipinski definition) is 4. The molecular weight excluding hydrogens is 250 g/mol. The van der Waals surface area contributed by atoms with E-state index >= 15 is 0 Å². The molecule has 0 aromatic heterocycles. The van der Waals surface area contributed by atoms with E-state index in [1.54, 1.807) is 19.3 Å².